The molecule has 0 aliphatic rings. The van der Waals surface area contributed by atoms with Crippen molar-refractivity contribution in [3.05, 3.63) is 0 Å². The molecule has 0 aromatic rings. The molecule has 0 saturated heterocycles. The van der Waals surface area contributed by atoms with E-state index in [4.69, 9.17) is 5.73 Å². The maximum Gasteiger partial charge on any atom is 0.234 e. The largest absolute Gasteiger partial charge is 0.368 e. The molecule has 3 N–H and O–H groups in total. The quantitative estimate of drug-likeness (QED) is 0.534. The molecule has 0 aromatic carbocycles. The maximum atomic E-state index is 10.9. The molecule has 0 rings (SSSR count). The molecule has 0 aliphatic heterocycles. The number of unbranched alkanes of at least 4 members (excludes halogenated alkanes) is 7. The molecular formula is C13H28N2O. The van der Waals surface area contributed by atoms with Gasteiger partial charge in [-0.3, -0.25) is 4.79 Å². The van der Waals surface area contributed by atoms with Crippen LogP contribution in [-0.4, -0.2) is 19.0 Å². The van der Waals surface area contributed by atoms with E-state index in [2.05, 4.69) is 12.2 Å². The van der Waals surface area contributed by atoms with Crippen LogP contribution in [0.5, 0.6) is 0 Å². The van der Waals surface area contributed by atoms with Gasteiger partial charge in [0.15, 0.2) is 0 Å². The van der Waals surface area contributed by atoms with Crippen LogP contribution in [-0.2, 0) is 4.79 Å². The van der Waals surface area contributed by atoms with E-state index < -0.39 is 0 Å². The Hall–Kier alpha value is -0.570. The Kier molecular flexibility index (Phi) is 10.5. The number of carbonyl (C=O) groups excluding carboxylic acids is 1. The summed E-state index contributed by atoms with van der Waals surface area (Å²) in [6.45, 7) is 2.24. The number of rotatable bonds is 11. The average molecular weight is 228 g/mol. The number of carbonyl (C=O) groups is 1. The van der Waals surface area contributed by atoms with Crippen molar-refractivity contribution in [3.63, 3.8) is 0 Å². The van der Waals surface area contributed by atoms with Gasteiger partial charge >= 0.3 is 0 Å². The lowest BCUT2D eigenvalue weighted by Gasteiger charge is -2.11. The van der Waals surface area contributed by atoms with Crippen molar-refractivity contribution in [2.45, 2.75) is 70.8 Å². The molecule has 0 aliphatic carbocycles. The van der Waals surface area contributed by atoms with Crippen LogP contribution < -0.4 is 11.1 Å². The van der Waals surface area contributed by atoms with Gasteiger partial charge in [-0.15, -0.1) is 0 Å². The SMILES string of the molecule is CCCCCCCCCCC(NC)C(N)=O. The normalized spacial score (nSPS) is 12.6. The van der Waals surface area contributed by atoms with Crippen molar-refractivity contribution in [1.82, 2.24) is 5.32 Å². The Morgan fingerprint density at radius 1 is 1.06 bits per heavy atom. The summed E-state index contributed by atoms with van der Waals surface area (Å²) in [5, 5.41) is 2.95. The first-order valence-electron chi connectivity index (χ1n) is 6.69. The van der Waals surface area contributed by atoms with Gasteiger partial charge in [-0.2, -0.15) is 0 Å². The van der Waals surface area contributed by atoms with Crippen LogP contribution in [0, 0.1) is 0 Å². The number of hydrogen-bond acceptors (Lipinski definition) is 2. The number of hydrogen-bond donors (Lipinski definition) is 2. The highest BCUT2D eigenvalue weighted by molar-refractivity contribution is 5.79. The zero-order valence-electron chi connectivity index (χ0n) is 10.9. The summed E-state index contributed by atoms with van der Waals surface area (Å²) in [5.74, 6) is -0.231. The fraction of sp³-hybridized carbons (Fsp3) is 0.923. The van der Waals surface area contributed by atoms with E-state index in [0.29, 0.717) is 0 Å². The molecule has 3 heteroatoms. The van der Waals surface area contributed by atoms with E-state index >= 15 is 0 Å². The van der Waals surface area contributed by atoms with Gasteiger partial charge in [-0.1, -0.05) is 58.3 Å². The van der Waals surface area contributed by atoms with Gasteiger partial charge in [-0.25, -0.2) is 0 Å². The lowest BCUT2D eigenvalue weighted by Crippen LogP contribution is -2.38. The minimum Gasteiger partial charge on any atom is -0.368 e. The topological polar surface area (TPSA) is 55.1 Å². The van der Waals surface area contributed by atoms with Crippen LogP contribution in [0.25, 0.3) is 0 Å². The third-order valence-corrected chi connectivity index (χ3v) is 3.04. The number of nitrogens with one attached hydrogen (secondary N) is 1. The molecular weight excluding hydrogens is 200 g/mol. The Labute approximate surface area is 100 Å². The van der Waals surface area contributed by atoms with Crippen LogP contribution in [0.2, 0.25) is 0 Å². The summed E-state index contributed by atoms with van der Waals surface area (Å²) in [6, 6.07) is -0.139. The molecule has 0 saturated carbocycles. The number of amides is 1. The monoisotopic (exact) mass is 228 g/mol. The highest BCUT2D eigenvalue weighted by atomic mass is 16.1. The lowest BCUT2D eigenvalue weighted by molar-refractivity contribution is -0.120. The van der Waals surface area contributed by atoms with Crippen molar-refractivity contribution in [2.24, 2.45) is 5.73 Å². The molecule has 0 bridgehead atoms. The van der Waals surface area contributed by atoms with Crippen molar-refractivity contribution in [3.8, 4) is 0 Å². The average Bonchev–Trinajstić information content (AvgIpc) is 2.26. The van der Waals surface area contributed by atoms with E-state index in [-0.39, 0.29) is 11.9 Å². The number of nitrogens with two attached hydrogens (primary N) is 1. The summed E-state index contributed by atoms with van der Waals surface area (Å²) in [6.07, 6.45) is 11.2. The zero-order chi connectivity index (χ0) is 12.2. The third kappa shape index (κ3) is 8.72. The molecule has 3 nitrogen and oxygen atoms in total. The van der Waals surface area contributed by atoms with E-state index in [0.717, 1.165) is 12.8 Å². The van der Waals surface area contributed by atoms with Crippen LogP contribution >= 0.6 is 0 Å². The first-order chi connectivity index (χ1) is 7.72. The standard InChI is InChI=1S/C13H28N2O/c1-3-4-5-6-7-8-9-10-11-12(15-2)13(14)16/h12,15H,3-11H2,1-2H3,(H2,14,16). The van der Waals surface area contributed by atoms with Gasteiger partial charge in [-0.05, 0) is 13.5 Å². The summed E-state index contributed by atoms with van der Waals surface area (Å²) < 4.78 is 0. The van der Waals surface area contributed by atoms with Gasteiger partial charge in [0, 0.05) is 0 Å². The van der Waals surface area contributed by atoms with E-state index in [9.17, 15) is 4.79 Å². The highest BCUT2D eigenvalue weighted by Gasteiger charge is 2.10. The molecule has 1 unspecified atom stereocenters. The lowest BCUT2D eigenvalue weighted by atomic mass is 10.0. The second-order valence-corrected chi connectivity index (χ2v) is 4.51. The molecule has 1 atom stereocenters. The summed E-state index contributed by atoms with van der Waals surface area (Å²) in [4.78, 5) is 10.9. The summed E-state index contributed by atoms with van der Waals surface area (Å²) in [5.41, 5.74) is 5.24. The highest BCUT2D eigenvalue weighted by Crippen LogP contribution is 2.10. The summed E-state index contributed by atoms with van der Waals surface area (Å²) in [7, 11) is 1.79. The predicted octanol–water partition coefficient (Wildman–Crippen LogP) is 2.59. The van der Waals surface area contributed by atoms with E-state index in [1.807, 2.05) is 0 Å². The van der Waals surface area contributed by atoms with Crippen LogP contribution in [0.3, 0.4) is 0 Å². The summed E-state index contributed by atoms with van der Waals surface area (Å²) >= 11 is 0. The molecule has 0 aromatic heterocycles. The molecule has 0 spiro atoms. The molecule has 0 heterocycles. The molecule has 0 fully saturated rings. The van der Waals surface area contributed by atoms with Crippen molar-refractivity contribution in [1.29, 1.82) is 0 Å². The van der Waals surface area contributed by atoms with Crippen LogP contribution in [0.15, 0.2) is 0 Å². The Bertz CT molecular complexity index is 171. The van der Waals surface area contributed by atoms with Crippen LogP contribution in [0.1, 0.15) is 64.7 Å². The van der Waals surface area contributed by atoms with Crippen molar-refractivity contribution < 1.29 is 4.79 Å². The molecule has 1 amide bonds. The molecule has 16 heavy (non-hydrogen) atoms. The predicted molar refractivity (Wildman–Crippen MR) is 69.3 cm³/mol. The number of primary amides is 1. The maximum absolute atomic E-state index is 10.9. The van der Waals surface area contributed by atoms with Gasteiger partial charge in [0.2, 0.25) is 5.91 Å². The fourth-order valence-electron chi connectivity index (χ4n) is 1.91. The Morgan fingerprint density at radius 2 is 1.56 bits per heavy atom. The first kappa shape index (κ1) is 15.4. The van der Waals surface area contributed by atoms with E-state index in [1.165, 1.54) is 44.9 Å². The van der Waals surface area contributed by atoms with Crippen molar-refractivity contribution in [2.75, 3.05) is 7.05 Å². The van der Waals surface area contributed by atoms with Gasteiger partial charge in [0.05, 0.1) is 6.04 Å². The molecule has 0 radical (unpaired) electrons. The van der Waals surface area contributed by atoms with E-state index in [1.54, 1.807) is 7.05 Å². The van der Waals surface area contributed by atoms with Crippen molar-refractivity contribution >= 4 is 5.91 Å². The van der Waals surface area contributed by atoms with Gasteiger partial charge < -0.3 is 11.1 Å². The number of likely N-dealkylation sites (N-methyl/N-ethyl adjacent to an activating group) is 1. The van der Waals surface area contributed by atoms with Gasteiger partial charge in [0.25, 0.3) is 0 Å². The second-order valence-electron chi connectivity index (χ2n) is 4.51. The Morgan fingerprint density at radius 3 is 2.00 bits per heavy atom. The second kappa shape index (κ2) is 10.9. The minimum absolute atomic E-state index is 0.139. The smallest absolute Gasteiger partial charge is 0.234 e. The first-order valence-corrected chi connectivity index (χ1v) is 6.69. The fourth-order valence-corrected chi connectivity index (χ4v) is 1.91. The molecule has 96 valence electrons. The van der Waals surface area contributed by atoms with Crippen LogP contribution in [0.4, 0.5) is 0 Å². The van der Waals surface area contributed by atoms with Gasteiger partial charge in [0.1, 0.15) is 0 Å². The minimum atomic E-state index is -0.231. The zero-order valence-corrected chi connectivity index (χ0v) is 10.9. The Balaban J connectivity index is 3.22. The third-order valence-electron chi connectivity index (χ3n) is 3.04.